The van der Waals surface area contributed by atoms with Crippen molar-refractivity contribution < 1.29 is 4.79 Å². The molecule has 0 unspecified atom stereocenters. The van der Waals surface area contributed by atoms with Crippen molar-refractivity contribution in [2.75, 3.05) is 12.8 Å². The van der Waals surface area contributed by atoms with Gasteiger partial charge in [0.25, 0.3) is 5.91 Å². The molecule has 1 aromatic carbocycles. The summed E-state index contributed by atoms with van der Waals surface area (Å²) in [4.78, 5) is 18.5. The van der Waals surface area contributed by atoms with Crippen molar-refractivity contribution in [3.05, 3.63) is 23.8 Å². The van der Waals surface area contributed by atoms with Crippen LogP contribution in [0.1, 0.15) is 37.6 Å². The average Bonchev–Trinajstić information content (AvgIpc) is 2.75. The third-order valence-corrected chi connectivity index (χ3v) is 4.58. The summed E-state index contributed by atoms with van der Waals surface area (Å²) in [5, 5.41) is 0.529. The topological polar surface area (TPSA) is 59.2 Å². The smallest absolute Gasteiger partial charge is 0.254 e. The Hall–Kier alpha value is -1.62. The van der Waals surface area contributed by atoms with E-state index in [0.717, 1.165) is 16.6 Å². The average molecular weight is 277 g/mol. The van der Waals surface area contributed by atoms with E-state index < -0.39 is 0 Å². The first-order chi connectivity index (χ1) is 8.85. The Labute approximate surface area is 117 Å². The predicted molar refractivity (Wildman–Crippen MR) is 80.5 cm³/mol. The third kappa shape index (κ3) is 2.56. The number of nitrogens with two attached hydrogens (primary N) is 1. The standard InChI is InChI=1S/C14H19N3OS/c1-5-14(2,3)17(4)12(18)9-6-7-10-11(8-9)19-13(15)16-10/h6-8H,5H2,1-4H3,(H2,15,16). The fourth-order valence-electron chi connectivity index (χ4n) is 1.78. The van der Waals surface area contributed by atoms with Gasteiger partial charge in [0.15, 0.2) is 5.13 Å². The maximum absolute atomic E-state index is 12.5. The van der Waals surface area contributed by atoms with Gasteiger partial charge in [0.2, 0.25) is 0 Å². The summed E-state index contributed by atoms with van der Waals surface area (Å²) < 4.78 is 0.950. The lowest BCUT2D eigenvalue weighted by Gasteiger charge is -2.34. The van der Waals surface area contributed by atoms with Gasteiger partial charge in [0, 0.05) is 18.2 Å². The van der Waals surface area contributed by atoms with E-state index in [9.17, 15) is 4.79 Å². The Morgan fingerprint density at radius 2 is 2.16 bits per heavy atom. The number of thiazole rings is 1. The number of hydrogen-bond donors (Lipinski definition) is 1. The van der Waals surface area contributed by atoms with Crippen molar-refractivity contribution in [3.63, 3.8) is 0 Å². The molecule has 5 heteroatoms. The highest BCUT2D eigenvalue weighted by atomic mass is 32.1. The van der Waals surface area contributed by atoms with E-state index in [0.29, 0.717) is 10.7 Å². The molecular weight excluding hydrogens is 258 g/mol. The Kier molecular flexibility index (Phi) is 3.49. The van der Waals surface area contributed by atoms with Gasteiger partial charge < -0.3 is 10.6 Å². The van der Waals surface area contributed by atoms with E-state index >= 15 is 0 Å². The zero-order chi connectivity index (χ0) is 14.2. The van der Waals surface area contributed by atoms with Gasteiger partial charge in [-0.15, -0.1) is 0 Å². The number of nitrogen functional groups attached to an aromatic ring is 1. The highest BCUT2D eigenvalue weighted by Crippen LogP contribution is 2.26. The molecule has 19 heavy (non-hydrogen) atoms. The van der Waals surface area contributed by atoms with Crippen LogP contribution < -0.4 is 5.73 Å². The number of nitrogens with zero attached hydrogens (tertiary/aromatic N) is 2. The second-order valence-corrected chi connectivity index (χ2v) is 6.33. The molecule has 1 heterocycles. The number of fused-ring (bicyclic) bond motifs is 1. The van der Waals surface area contributed by atoms with Gasteiger partial charge in [0.05, 0.1) is 10.2 Å². The fraction of sp³-hybridized carbons (Fsp3) is 0.429. The molecule has 2 N–H and O–H groups in total. The number of benzene rings is 1. The van der Waals surface area contributed by atoms with E-state index in [1.807, 2.05) is 25.2 Å². The minimum atomic E-state index is -0.154. The molecule has 102 valence electrons. The molecule has 0 bridgehead atoms. The van der Waals surface area contributed by atoms with Crippen LogP contribution in [0.2, 0.25) is 0 Å². The van der Waals surface area contributed by atoms with E-state index in [-0.39, 0.29) is 11.4 Å². The number of aromatic nitrogens is 1. The van der Waals surface area contributed by atoms with Crippen LogP contribution in [-0.2, 0) is 0 Å². The monoisotopic (exact) mass is 277 g/mol. The van der Waals surface area contributed by atoms with Crippen molar-refractivity contribution in [1.29, 1.82) is 0 Å². The summed E-state index contributed by atoms with van der Waals surface area (Å²) in [6.07, 6.45) is 0.908. The summed E-state index contributed by atoms with van der Waals surface area (Å²) in [6, 6.07) is 5.53. The van der Waals surface area contributed by atoms with Gasteiger partial charge in [-0.2, -0.15) is 0 Å². The predicted octanol–water partition coefficient (Wildman–Crippen LogP) is 3.14. The Morgan fingerprint density at radius 3 is 2.79 bits per heavy atom. The van der Waals surface area contributed by atoms with Crippen LogP contribution >= 0.6 is 11.3 Å². The maximum Gasteiger partial charge on any atom is 0.254 e. The van der Waals surface area contributed by atoms with Crippen molar-refractivity contribution in [2.45, 2.75) is 32.7 Å². The van der Waals surface area contributed by atoms with Crippen LogP contribution in [0.3, 0.4) is 0 Å². The second-order valence-electron chi connectivity index (χ2n) is 5.26. The zero-order valence-electron chi connectivity index (χ0n) is 11.7. The van der Waals surface area contributed by atoms with Crippen LogP contribution in [0.4, 0.5) is 5.13 Å². The van der Waals surface area contributed by atoms with E-state index in [2.05, 4.69) is 25.8 Å². The highest BCUT2D eigenvalue weighted by molar-refractivity contribution is 7.22. The molecule has 0 aliphatic rings. The molecule has 0 saturated heterocycles. The van der Waals surface area contributed by atoms with Crippen molar-refractivity contribution in [3.8, 4) is 0 Å². The Balaban J connectivity index is 2.36. The molecule has 0 spiro atoms. The van der Waals surface area contributed by atoms with Crippen molar-refractivity contribution in [1.82, 2.24) is 9.88 Å². The second kappa shape index (κ2) is 4.81. The lowest BCUT2D eigenvalue weighted by Crippen LogP contribution is -2.44. The van der Waals surface area contributed by atoms with Gasteiger partial charge in [0.1, 0.15) is 0 Å². The van der Waals surface area contributed by atoms with Crippen molar-refractivity contribution >= 4 is 32.6 Å². The van der Waals surface area contributed by atoms with Crippen LogP contribution in [0, 0.1) is 0 Å². The van der Waals surface area contributed by atoms with E-state index in [1.165, 1.54) is 11.3 Å². The molecule has 0 fully saturated rings. The molecule has 0 radical (unpaired) electrons. The first-order valence-corrected chi connectivity index (χ1v) is 7.11. The quantitative estimate of drug-likeness (QED) is 0.937. The number of rotatable bonds is 3. The summed E-state index contributed by atoms with van der Waals surface area (Å²) in [7, 11) is 1.84. The summed E-state index contributed by atoms with van der Waals surface area (Å²) in [5.41, 5.74) is 7.05. The highest BCUT2D eigenvalue weighted by Gasteiger charge is 2.26. The molecule has 4 nitrogen and oxygen atoms in total. The van der Waals surface area contributed by atoms with E-state index in [1.54, 1.807) is 4.90 Å². The molecule has 2 rings (SSSR count). The number of amides is 1. The molecule has 0 atom stereocenters. The molecule has 0 aliphatic heterocycles. The van der Waals surface area contributed by atoms with E-state index in [4.69, 9.17) is 5.73 Å². The van der Waals surface area contributed by atoms with Crippen molar-refractivity contribution in [2.24, 2.45) is 0 Å². The van der Waals surface area contributed by atoms with Gasteiger partial charge in [-0.25, -0.2) is 4.98 Å². The molecule has 0 aliphatic carbocycles. The van der Waals surface area contributed by atoms with Crippen LogP contribution in [0.25, 0.3) is 10.2 Å². The van der Waals surface area contributed by atoms with Gasteiger partial charge >= 0.3 is 0 Å². The molecular formula is C14H19N3OS. The van der Waals surface area contributed by atoms with Crippen LogP contribution in [0.5, 0.6) is 0 Å². The van der Waals surface area contributed by atoms with Crippen LogP contribution in [-0.4, -0.2) is 28.4 Å². The Bertz CT molecular complexity index is 618. The lowest BCUT2D eigenvalue weighted by molar-refractivity contribution is 0.0620. The normalized spacial score (nSPS) is 11.8. The summed E-state index contributed by atoms with van der Waals surface area (Å²) >= 11 is 1.40. The molecule has 2 aromatic rings. The first-order valence-electron chi connectivity index (χ1n) is 6.29. The van der Waals surface area contributed by atoms with Gasteiger partial charge in [-0.3, -0.25) is 4.79 Å². The third-order valence-electron chi connectivity index (χ3n) is 3.73. The number of anilines is 1. The molecule has 1 amide bonds. The van der Waals surface area contributed by atoms with Gasteiger partial charge in [-0.05, 0) is 38.5 Å². The van der Waals surface area contributed by atoms with Gasteiger partial charge in [-0.1, -0.05) is 18.3 Å². The maximum atomic E-state index is 12.5. The number of carbonyl (C=O) groups is 1. The molecule has 1 aromatic heterocycles. The van der Waals surface area contributed by atoms with Crippen LogP contribution in [0.15, 0.2) is 18.2 Å². The minimum Gasteiger partial charge on any atom is -0.375 e. The number of carbonyl (C=O) groups excluding carboxylic acids is 1. The minimum absolute atomic E-state index is 0.0284. The summed E-state index contributed by atoms with van der Waals surface area (Å²) in [6.45, 7) is 6.21. The SMILES string of the molecule is CCC(C)(C)N(C)C(=O)c1ccc2nc(N)sc2c1. The Morgan fingerprint density at radius 1 is 1.47 bits per heavy atom. The lowest BCUT2D eigenvalue weighted by atomic mass is 9.99. The first kappa shape index (κ1) is 13.8. The zero-order valence-corrected chi connectivity index (χ0v) is 12.5. The summed E-state index contributed by atoms with van der Waals surface area (Å²) in [5.74, 6) is 0.0284. The molecule has 0 saturated carbocycles. The largest absolute Gasteiger partial charge is 0.375 e. The fourth-order valence-corrected chi connectivity index (χ4v) is 2.55. The number of hydrogen-bond acceptors (Lipinski definition) is 4.